The number of carbonyl (C=O) groups excluding carboxylic acids is 1. The molecule has 1 aromatic carbocycles. The molecule has 0 bridgehead atoms. The van der Waals surface area contributed by atoms with Crippen LogP contribution in [0.2, 0.25) is 0 Å². The van der Waals surface area contributed by atoms with Gasteiger partial charge in [0.05, 0.1) is 23.8 Å². The Bertz CT molecular complexity index is 1130. The van der Waals surface area contributed by atoms with Crippen molar-refractivity contribution in [3.8, 4) is 5.75 Å². The fourth-order valence-corrected chi connectivity index (χ4v) is 3.60. The quantitative estimate of drug-likeness (QED) is 0.675. The first-order chi connectivity index (χ1) is 14.4. The van der Waals surface area contributed by atoms with Crippen LogP contribution in [0.5, 0.6) is 5.75 Å². The lowest BCUT2D eigenvalue weighted by atomic mass is 10.1. The molecule has 1 saturated heterocycles. The summed E-state index contributed by atoms with van der Waals surface area (Å²) in [4.78, 5) is 25.3. The minimum Gasteiger partial charge on any atom is -0.490 e. The molecule has 0 radical (unpaired) electrons. The van der Waals surface area contributed by atoms with Gasteiger partial charge in [0.2, 0.25) is 0 Å². The first kappa shape index (κ1) is 20.2. The standard InChI is InChI=1S/C22H26N4O4/c1-14(2)30-20-10-19-16(12-26(24-19)11-15-6-8-29-13-15)9-17(20)21(27)23-18-5-4-7-25(3)22(18)28/h4-5,7,9-10,12,14-15H,6,8,11,13H2,1-3H3,(H,23,27)/t15-/m1/s1. The van der Waals surface area contributed by atoms with Crippen LogP contribution in [-0.4, -0.2) is 39.6 Å². The van der Waals surface area contributed by atoms with Gasteiger partial charge in [0, 0.05) is 50.0 Å². The van der Waals surface area contributed by atoms with Gasteiger partial charge in [-0.15, -0.1) is 0 Å². The normalized spacial score (nSPS) is 16.3. The first-order valence-electron chi connectivity index (χ1n) is 10.1. The number of nitrogens with zero attached hydrogens (tertiary/aromatic N) is 3. The molecular weight excluding hydrogens is 384 g/mol. The molecule has 0 saturated carbocycles. The van der Waals surface area contributed by atoms with Crippen LogP contribution in [0, 0.1) is 5.92 Å². The molecule has 3 heterocycles. The van der Waals surface area contributed by atoms with Crippen molar-refractivity contribution in [3.05, 3.63) is 52.6 Å². The van der Waals surface area contributed by atoms with Gasteiger partial charge in [-0.3, -0.25) is 14.3 Å². The molecule has 8 nitrogen and oxygen atoms in total. The summed E-state index contributed by atoms with van der Waals surface area (Å²) >= 11 is 0. The number of pyridine rings is 1. The maximum Gasteiger partial charge on any atom is 0.274 e. The van der Waals surface area contributed by atoms with Gasteiger partial charge >= 0.3 is 0 Å². The van der Waals surface area contributed by atoms with Crippen LogP contribution in [0.4, 0.5) is 5.69 Å². The average molecular weight is 410 g/mol. The highest BCUT2D eigenvalue weighted by atomic mass is 16.5. The zero-order valence-corrected chi connectivity index (χ0v) is 17.4. The number of hydrogen-bond donors (Lipinski definition) is 1. The molecule has 1 N–H and O–H groups in total. The third kappa shape index (κ3) is 4.23. The summed E-state index contributed by atoms with van der Waals surface area (Å²) < 4.78 is 14.7. The van der Waals surface area contributed by atoms with E-state index in [1.54, 1.807) is 37.5 Å². The van der Waals surface area contributed by atoms with Gasteiger partial charge < -0.3 is 19.4 Å². The predicted octanol–water partition coefficient (Wildman–Crippen LogP) is 2.81. The number of nitrogens with one attached hydrogen (secondary N) is 1. The molecule has 3 aromatic rings. The molecule has 0 unspecified atom stereocenters. The summed E-state index contributed by atoms with van der Waals surface area (Å²) in [5, 5.41) is 8.21. The van der Waals surface area contributed by atoms with Gasteiger partial charge in [-0.2, -0.15) is 5.10 Å². The smallest absolute Gasteiger partial charge is 0.274 e. The first-order valence-corrected chi connectivity index (χ1v) is 10.1. The van der Waals surface area contributed by atoms with Gasteiger partial charge in [0.15, 0.2) is 0 Å². The molecule has 1 fully saturated rings. The second-order valence-corrected chi connectivity index (χ2v) is 7.95. The van der Waals surface area contributed by atoms with Crippen molar-refractivity contribution in [1.82, 2.24) is 14.3 Å². The van der Waals surface area contributed by atoms with E-state index in [0.29, 0.717) is 17.2 Å². The molecule has 0 aliphatic carbocycles. The van der Waals surface area contributed by atoms with Crippen LogP contribution >= 0.6 is 0 Å². The second kappa shape index (κ2) is 8.31. The molecule has 1 aliphatic heterocycles. The van der Waals surface area contributed by atoms with E-state index in [-0.39, 0.29) is 17.4 Å². The third-order valence-corrected chi connectivity index (χ3v) is 5.10. The average Bonchev–Trinajstić information content (AvgIpc) is 3.33. The number of hydrogen-bond acceptors (Lipinski definition) is 5. The Hall–Kier alpha value is -3.13. The highest BCUT2D eigenvalue weighted by molar-refractivity contribution is 6.08. The molecule has 30 heavy (non-hydrogen) atoms. The molecule has 0 spiro atoms. The van der Waals surface area contributed by atoms with Crippen LogP contribution in [0.15, 0.2) is 41.5 Å². The van der Waals surface area contributed by atoms with Gasteiger partial charge in [-0.05, 0) is 38.5 Å². The number of rotatable bonds is 6. The molecule has 2 aromatic heterocycles. The topological polar surface area (TPSA) is 87.4 Å². The van der Waals surface area contributed by atoms with E-state index in [0.717, 1.165) is 37.1 Å². The largest absolute Gasteiger partial charge is 0.490 e. The molecule has 158 valence electrons. The third-order valence-electron chi connectivity index (χ3n) is 5.10. The second-order valence-electron chi connectivity index (χ2n) is 7.95. The number of aryl methyl sites for hydroxylation is 1. The summed E-state index contributed by atoms with van der Waals surface area (Å²) in [5.41, 5.74) is 1.07. The van der Waals surface area contributed by atoms with Gasteiger partial charge in [0.25, 0.3) is 11.5 Å². The minimum absolute atomic E-state index is 0.115. The number of fused-ring (bicyclic) bond motifs is 1. The van der Waals surface area contributed by atoms with Crippen molar-refractivity contribution in [2.45, 2.75) is 32.9 Å². The molecule has 1 atom stereocenters. The Labute approximate surface area is 174 Å². The predicted molar refractivity (Wildman–Crippen MR) is 114 cm³/mol. The highest BCUT2D eigenvalue weighted by Crippen LogP contribution is 2.28. The lowest BCUT2D eigenvalue weighted by Crippen LogP contribution is -2.24. The van der Waals surface area contributed by atoms with Gasteiger partial charge in [-0.25, -0.2) is 0 Å². The Morgan fingerprint density at radius 2 is 2.23 bits per heavy atom. The fourth-order valence-electron chi connectivity index (χ4n) is 3.60. The zero-order chi connectivity index (χ0) is 21.3. The van der Waals surface area contributed by atoms with Gasteiger partial charge in [-0.1, -0.05) is 0 Å². The SMILES string of the molecule is CC(C)Oc1cc2nn(C[C@H]3CCOC3)cc2cc1C(=O)Nc1cccn(C)c1=O. The molecular formula is C22H26N4O4. The molecule has 4 rings (SSSR count). The lowest BCUT2D eigenvalue weighted by Gasteiger charge is -2.14. The summed E-state index contributed by atoms with van der Waals surface area (Å²) in [5.74, 6) is 0.493. The number of amides is 1. The number of carbonyl (C=O) groups is 1. The fraction of sp³-hybridized carbons (Fsp3) is 0.409. The van der Waals surface area contributed by atoms with E-state index in [9.17, 15) is 9.59 Å². The summed E-state index contributed by atoms with van der Waals surface area (Å²) in [6.07, 6.45) is 4.49. The minimum atomic E-state index is -0.396. The maximum absolute atomic E-state index is 13.0. The number of ether oxygens (including phenoxy) is 2. The van der Waals surface area contributed by atoms with E-state index < -0.39 is 5.91 Å². The summed E-state index contributed by atoms with van der Waals surface area (Å²) in [6, 6.07) is 6.85. The number of benzene rings is 1. The Morgan fingerprint density at radius 1 is 1.40 bits per heavy atom. The molecule has 8 heteroatoms. The Morgan fingerprint density at radius 3 is 2.97 bits per heavy atom. The van der Waals surface area contributed by atoms with E-state index >= 15 is 0 Å². The van der Waals surface area contributed by atoms with Crippen LogP contribution in [-0.2, 0) is 18.3 Å². The van der Waals surface area contributed by atoms with Crippen molar-refractivity contribution >= 4 is 22.5 Å². The van der Waals surface area contributed by atoms with Crippen molar-refractivity contribution in [2.75, 3.05) is 18.5 Å². The van der Waals surface area contributed by atoms with Crippen molar-refractivity contribution in [3.63, 3.8) is 0 Å². The van der Waals surface area contributed by atoms with E-state index in [1.165, 1.54) is 4.57 Å². The Kier molecular flexibility index (Phi) is 5.59. The van der Waals surface area contributed by atoms with Crippen molar-refractivity contribution in [1.29, 1.82) is 0 Å². The van der Waals surface area contributed by atoms with Crippen molar-refractivity contribution < 1.29 is 14.3 Å². The van der Waals surface area contributed by atoms with E-state index in [2.05, 4.69) is 10.4 Å². The van der Waals surface area contributed by atoms with E-state index in [1.807, 2.05) is 24.7 Å². The summed E-state index contributed by atoms with van der Waals surface area (Å²) in [7, 11) is 1.64. The number of anilines is 1. The maximum atomic E-state index is 13.0. The molecule has 1 amide bonds. The number of aromatic nitrogens is 3. The van der Waals surface area contributed by atoms with E-state index in [4.69, 9.17) is 9.47 Å². The Balaban J connectivity index is 1.67. The zero-order valence-electron chi connectivity index (χ0n) is 17.4. The van der Waals surface area contributed by atoms with Crippen LogP contribution in [0.25, 0.3) is 10.9 Å². The summed E-state index contributed by atoms with van der Waals surface area (Å²) in [6.45, 7) is 6.12. The van der Waals surface area contributed by atoms with Crippen LogP contribution in [0.3, 0.4) is 0 Å². The highest BCUT2D eigenvalue weighted by Gasteiger charge is 2.20. The monoisotopic (exact) mass is 410 g/mol. The molecule has 1 aliphatic rings. The van der Waals surface area contributed by atoms with Crippen molar-refractivity contribution in [2.24, 2.45) is 13.0 Å². The van der Waals surface area contributed by atoms with Crippen LogP contribution in [0.1, 0.15) is 30.6 Å². The lowest BCUT2D eigenvalue weighted by molar-refractivity contribution is 0.102. The van der Waals surface area contributed by atoms with Crippen LogP contribution < -0.4 is 15.6 Å². The van der Waals surface area contributed by atoms with Gasteiger partial charge in [0.1, 0.15) is 11.4 Å².